The minimum Gasteiger partial charge on any atom is -0.481 e. The Balaban J connectivity index is 1.55. The van der Waals surface area contributed by atoms with Gasteiger partial charge in [-0.05, 0) is 43.4 Å². The van der Waals surface area contributed by atoms with Gasteiger partial charge < -0.3 is 4.74 Å². The first-order chi connectivity index (χ1) is 14.5. The monoisotopic (exact) mass is 402 g/mol. The van der Waals surface area contributed by atoms with Gasteiger partial charge in [-0.25, -0.2) is 9.07 Å². The molecule has 0 N–H and O–H groups in total. The zero-order valence-corrected chi connectivity index (χ0v) is 16.6. The molecule has 0 saturated heterocycles. The van der Waals surface area contributed by atoms with Gasteiger partial charge in [-0.15, -0.1) is 0 Å². The van der Waals surface area contributed by atoms with Gasteiger partial charge in [-0.3, -0.25) is 9.67 Å². The SMILES string of the molecule is Cc1c(C#N)cnc2c1CCCC2Oc1cc2c(cnn2-c2cnn(C)c2)cc1F. The molecule has 0 saturated carbocycles. The second kappa shape index (κ2) is 6.95. The maximum absolute atomic E-state index is 14.8. The van der Waals surface area contributed by atoms with Gasteiger partial charge in [0.15, 0.2) is 11.6 Å². The Bertz CT molecular complexity index is 1320. The lowest BCUT2D eigenvalue weighted by Gasteiger charge is -2.27. The third-order valence-electron chi connectivity index (χ3n) is 5.64. The smallest absolute Gasteiger partial charge is 0.165 e. The highest BCUT2D eigenvalue weighted by molar-refractivity contribution is 5.82. The van der Waals surface area contributed by atoms with Gasteiger partial charge in [0.2, 0.25) is 0 Å². The highest BCUT2D eigenvalue weighted by Gasteiger charge is 2.27. The molecular weight excluding hydrogens is 383 g/mol. The standard InChI is InChI=1S/C22H19FN6O/c1-13-15(8-24)9-25-22-17(13)4-3-5-20(22)30-21-7-19-14(6-18(21)23)10-27-29(19)16-11-26-28(2)12-16/h6-7,9-12,20H,3-5H2,1-2H3. The number of fused-ring (bicyclic) bond motifs is 2. The number of ether oxygens (including phenoxy) is 1. The molecule has 0 amide bonds. The summed E-state index contributed by atoms with van der Waals surface area (Å²) >= 11 is 0. The van der Waals surface area contributed by atoms with Gasteiger partial charge in [-0.1, -0.05) is 0 Å². The van der Waals surface area contributed by atoms with E-state index in [1.165, 1.54) is 6.07 Å². The fraction of sp³-hybridized carbons (Fsp3) is 0.273. The van der Waals surface area contributed by atoms with Crippen LogP contribution in [0.5, 0.6) is 5.75 Å². The van der Waals surface area contributed by atoms with E-state index in [1.54, 1.807) is 34.0 Å². The van der Waals surface area contributed by atoms with Gasteiger partial charge in [0.1, 0.15) is 17.9 Å². The molecular formula is C22H19FN6O. The minimum atomic E-state index is -0.439. The fourth-order valence-corrected chi connectivity index (χ4v) is 4.08. The molecule has 150 valence electrons. The number of halogens is 1. The first-order valence-electron chi connectivity index (χ1n) is 9.76. The van der Waals surface area contributed by atoms with E-state index in [0.29, 0.717) is 10.9 Å². The number of hydrogen-bond acceptors (Lipinski definition) is 5. The molecule has 7 nitrogen and oxygen atoms in total. The second-order valence-electron chi connectivity index (χ2n) is 7.54. The quantitative estimate of drug-likeness (QED) is 0.519. The van der Waals surface area contributed by atoms with E-state index in [9.17, 15) is 9.65 Å². The Hall–Kier alpha value is -3.73. The van der Waals surface area contributed by atoms with E-state index in [2.05, 4.69) is 21.3 Å². The minimum absolute atomic E-state index is 0.162. The zero-order chi connectivity index (χ0) is 20.8. The molecule has 1 unspecified atom stereocenters. The maximum atomic E-state index is 14.8. The van der Waals surface area contributed by atoms with Gasteiger partial charge in [0.05, 0.1) is 35.4 Å². The van der Waals surface area contributed by atoms with Crippen molar-refractivity contribution < 1.29 is 9.13 Å². The van der Waals surface area contributed by atoms with Crippen molar-refractivity contribution in [1.29, 1.82) is 5.26 Å². The van der Waals surface area contributed by atoms with Crippen molar-refractivity contribution in [2.75, 3.05) is 0 Å². The van der Waals surface area contributed by atoms with Crippen molar-refractivity contribution in [3.8, 4) is 17.5 Å². The van der Waals surface area contributed by atoms with E-state index < -0.39 is 5.82 Å². The number of aromatic nitrogens is 5. The van der Waals surface area contributed by atoms with Crippen molar-refractivity contribution in [3.05, 3.63) is 65.1 Å². The Morgan fingerprint density at radius 1 is 1.23 bits per heavy atom. The molecule has 1 aliphatic rings. The van der Waals surface area contributed by atoms with Crippen LogP contribution in [0.1, 0.15) is 41.3 Å². The normalized spacial score (nSPS) is 15.7. The van der Waals surface area contributed by atoms with E-state index >= 15 is 0 Å². The molecule has 4 aromatic rings. The summed E-state index contributed by atoms with van der Waals surface area (Å²) < 4.78 is 24.4. The number of nitriles is 1. The number of aryl methyl sites for hydroxylation is 1. The summed E-state index contributed by atoms with van der Waals surface area (Å²) in [6.07, 6.45) is 8.87. The summed E-state index contributed by atoms with van der Waals surface area (Å²) in [5, 5.41) is 18.5. The van der Waals surface area contributed by atoms with Crippen molar-refractivity contribution in [2.24, 2.45) is 7.05 Å². The van der Waals surface area contributed by atoms with Gasteiger partial charge in [0.25, 0.3) is 0 Å². The average Bonchev–Trinajstić information content (AvgIpc) is 3.34. The molecule has 30 heavy (non-hydrogen) atoms. The van der Waals surface area contributed by atoms with Crippen molar-refractivity contribution >= 4 is 10.9 Å². The number of hydrogen-bond donors (Lipinski definition) is 0. The van der Waals surface area contributed by atoms with Gasteiger partial charge in [0, 0.05) is 24.7 Å². The Kier molecular flexibility index (Phi) is 4.24. The third-order valence-corrected chi connectivity index (χ3v) is 5.64. The van der Waals surface area contributed by atoms with Crippen LogP contribution in [0.3, 0.4) is 0 Å². The Morgan fingerprint density at radius 3 is 2.87 bits per heavy atom. The first-order valence-corrected chi connectivity index (χ1v) is 9.76. The van der Waals surface area contributed by atoms with E-state index in [1.807, 2.05) is 20.2 Å². The van der Waals surface area contributed by atoms with Crippen molar-refractivity contribution in [2.45, 2.75) is 32.3 Å². The molecule has 8 heteroatoms. The topological polar surface area (TPSA) is 81.6 Å². The fourth-order valence-electron chi connectivity index (χ4n) is 4.08. The van der Waals surface area contributed by atoms with Crippen molar-refractivity contribution in [1.82, 2.24) is 24.5 Å². The lowest BCUT2D eigenvalue weighted by atomic mass is 9.89. The van der Waals surface area contributed by atoms with Crippen LogP contribution in [0.25, 0.3) is 16.6 Å². The first kappa shape index (κ1) is 18.3. The van der Waals surface area contributed by atoms with Crippen LogP contribution in [0.15, 0.2) is 36.9 Å². The summed E-state index contributed by atoms with van der Waals surface area (Å²) in [6.45, 7) is 1.93. The summed E-state index contributed by atoms with van der Waals surface area (Å²) in [6, 6.07) is 5.29. The molecule has 0 bridgehead atoms. The summed E-state index contributed by atoms with van der Waals surface area (Å²) in [7, 11) is 1.83. The summed E-state index contributed by atoms with van der Waals surface area (Å²) in [4.78, 5) is 4.48. The Labute approximate surface area is 172 Å². The van der Waals surface area contributed by atoms with Crippen LogP contribution in [-0.4, -0.2) is 24.5 Å². The Morgan fingerprint density at radius 2 is 2.10 bits per heavy atom. The molecule has 0 spiro atoms. The van der Waals surface area contributed by atoms with E-state index in [-0.39, 0.29) is 11.9 Å². The third kappa shape index (κ3) is 2.90. The molecule has 0 aliphatic heterocycles. The summed E-state index contributed by atoms with van der Waals surface area (Å²) in [5.41, 5.74) is 4.85. The molecule has 5 rings (SSSR count). The van der Waals surface area contributed by atoms with Gasteiger partial charge in [-0.2, -0.15) is 15.5 Å². The molecule has 3 aromatic heterocycles. The predicted octanol–water partition coefficient (Wildman–Crippen LogP) is 3.93. The van der Waals surface area contributed by atoms with Crippen LogP contribution in [0.2, 0.25) is 0 Å². The van der Waals surface area contributed by atoms with E-state index in [0.717, 1.165) is 47.3 Å². The molecule has 1 aliphatic carbocycles. The zero-order valence-electron chi connectivity index (χ0n) is 16.6. The number of benzene rings is 1. The average molecular weight is 402 g/mol. The molecule has 0 radical (unpaired) electrons. The molecule has 1 atom stereocenters. The maximum Gasteiger partial charge on any atom is 0.165 e. The van der Waals surface area contributed by atoms with Gasteiger partial charge >= 0.3 is 0 Å². The molecule has 1 aromatic carbocycles. The number of rotatable bonds is 3. The second-order valence-corrected chi connectivity index (χ2v) is 7.54. The predicted molar refractivity (Wildman–Crippen MR) is 108 cm³/mol. The van der Waals surface area contributed by atoms with E-state index in [4.69, 9.17) is 4.74 Å². The van der Waals surface area contributed by atoms with Crippen LogP contribution in [-0.2, 0) is 13.5 Å². The number of nitrogens with zero attached hydrogens (tertiary/aromatic N) is 6. The highest BCUT2D eigenvalue weighted by Crippen LogP contribution is 2.36. The highest BCUT2D eigenvalue weighted by atomic mass is 19.1. The van der Waals surface area contributed by atoms with Crippen LogP contribution >= 0.6 is 0 Å². The van der Waals surface area contributed by atoms with Crippen molar-refractivity contribution in [3.63, 3.8) is 0 Å². The molecule has 0 fully saturated rings. The molecule has 3 heterocycles. The van der Waals surface area contributed by atoms with Crippen LogP contribution in [0, 0.1) is 24.1 Å². The van der Waals surface area contributed by atoms with Crippen LogP contribution in [0.4, 0.5) is 4.39 Å². The number of pyridine rings is 1. The lowest BCUT2D eigenvalue weighted by molar-refractivity contribution is 0.170. The largest absolute Gasteiger partial charge is 0.481 e. The van der Waals surface area contributed by atoms with Crippen LogP contribution < -0.4 is 4.74 Å². The lowest BCUT2D eigenvalue weighted by Crippen LogP contribution is -2.19. The summed E-state index contributed by atoms with van der Waals surface area (Å²) in [5.74, 6) is -0.277.